The summed E-state index contributed by atoms with van der Waals surface area (Å²) in [6.45, 7) is 10.5. The van der Waals surface area contributed by atoms with E-state index in [2.05, 4.69) is 18.5 Å². The smallest absolute Gasteiger partial charge is 0.141 e. The molecule has 1 heterocycles. The third-order valence-corrected chi connectivity index (χ3v) is 2.52. The Labute approximate surface area is 104 Å². The summed E-state index contributed by atoms with van der Waals surface area (Å²) in [6, 6.07) is 4.00. The summed E-state index contributed by atoms with van der Waals surface area (Å²) in [5.41, 5.74) is 8.82. The fraction of sp³-hybridized carbons (Fsp3) is 0.500. The standard InChI is InChI=1S/C14H22N2O/c1-5-10(2)9-17-14-7-6-12(4)16-13(14)8-11(3)15/h6-7,11H,2,5,8-9,15H2,1,3-4H3. The molecule has 2 N–H and O–H groups in total. The SMILES string of the molecule is C=C(CC)COc1ccc(C)nc1CC(C)N. The van der Waals surface area contributed by atoms with E-state index >= 15 is 0 Å². The van der Waals surface area contributed by atoms with Crippen LogP contribution in [0.2, 0.25) is 0 Å². The molecule has 3 nitrogen and oxygen atoms in total. The van der Waals surface area contributed by atoms with E-state index in [1.165, 1.54) is 0 Å². The summed E-state index contributed by atoms with van der Waals surface area (Å²) in [6.07, 6.45) is 1.66. The number of nitrogens with zero attached hydrogens (tertiary/aromatic N) is 1. The first-order chi connectivity index (χ1) is 8.02. The van der Waals surface area contributed by atoms with Crippen molar-refractivity contribution in [3.8, 4) is 5.75 Å². The fourth-order valence-corrected chi connectivity index (χ4v) is 1.46. The molecule has 0 saturated carbocycles. The zero-order valence-corrected chi connectivity index (χ0v) is 11.0. The van der Waals surface area contributed by atoms with Gasteiger partial charge in [-0.25, -0.2) is 0 Å². The Kier molecular flexibility index (Phi) is 5.16. The normalized spacial score (nSPS) is 12.2. The first-order valence-electron chi connectivity index (χ1n) is 6.04. The summed E-state index contributed by atoms with van der Waals surface area (Å²) >= 11 is 0. The molecule has 0 aromatic carbocycles. The van der Waals surface area contributed by atoms with Gasteiger partial charge in [0.25, 0.3) is 0 Å². The molecule has 17 heavy (non-hydrogen) atoms. The van der Waals surface area contributed by atoms with Crippen molar-refractivity contribution in [2.75, 3.05) is 6.61 Å². The zero-order valence-electron chi connectivity index (χ0n) is 11.0. The van der Waals surface area contributed by atoms with Gasteiger partial charge in [-0.3, -0.25) is 4.98 Å². The fourth-order valence-electron chi connectivity index (χ4n) is 1.46. The van der Waals surface area contributed by atoms with Gasteiger partial charge in [0.05, 0.1) is 5.69 Å². The second-order valence-corrected chi connectivity index (χ2v) is 4.47. The van der Waals surface area contributed by atoms with E-state index in [0.717, 1.165) is 35.6 Å². The molecule has 1 aromatic rings. The predicted octanol–water partition coefficient (Wildman–Crippen LogP) is 2.62. The summed E-state index contributed by atoms with van der Waals surface area (Å²) in [4.78, 5) is 4.48. The number of hydrogen-bond acceptors (Lipinski definition) is 3. The van der Waals surface area contributed by atoms with Gasteiger partial charge in [-0.15, -0.1) is 0 Å². The van der Waals surface area contributed by atoms with Gasteiger partial charge < -0.3 is 10.5 Å². The number of rotatable bonds is 6. The van der Waals surface area contributed by atoms with Crippen molar-refractivity contribution in [3.05, 3.63) is 35.7 Å². The van der Waals surface area contributed by atoms with E-state index in [-0.39, 0.29) is 6.04 Å². The zero-order chi connectivity index (χ0) is 12.8. The van der Waals surface area contributed by atoms with Crippen LogP contribution in [0.3, 0.4) is 0 Å². The maximum Gasteiger partial charge on any atom is 0.141 e. The first kappa shape index (κ1) is 13.7. The van der Waals surface area contributed by atoms with Crippen LogP contribution in [-0.4, -0.2) is 17.6 Å². The second kappa shape index (κ2) is 6.40. The average Bonchev–Trinajstić information content (AvgIpc) is 2.26. The third kappa shape index (κ3) is 4.57. The topological polar surface area (TPSA) is 48.1 Å². The lowest BCUT2D eigenvalue weighted by atomic mass is 10.1. The van der Waals surface area contributed by atoms with Crippen LogP contribution < -0.4 is 10.5 Å². The maximum atomic E-state index is 5.81. The Morgan fingerprint density at radius 1 is 1.53 bits per heavy atom. The van der Waals surface area contributed by atoms with E-state index in [4.69, 9.17) is 10.5 Å². The highest BCUT2D eigenvalue weighted by molar-refractivity contribution is 5.30. The summed E-state index contributed by atoms with van der Waals surface area (Å²) < 4.78 is 5.73. The van der Waals surface area contributed by atoms with E-state index in [9.17, 15) is 0 Å². The Morgan fingerprint density at radius 3 is 2.82 bits per heavy atom. The molecule has 0 bridgehead atoms. The minimum Gasteiger partial charge on any atom is -0.487 e. The molecule has 1 aromatic heterocycles. The summed E-state index contributed by atoms with van der Waals surface area (Å²) in [5.74, 6) is 0.822. The first-order valence-corrected chi connectivity index (χ1v) is 6.04. The van der Waals surface area contributed by atoms with Gasteiger partial charge in [0.15, 0.2) is 0 Å². The van der Waals surface area contributed by atoms with E-state index in [1.807, 2.05) is 26.0 Å². The van der Waals surface area contributed by atoms with Crippen LogP contribution in [0.1, 0.15) is 31.7 Å². The number of aryl methyl sites for hydroxylation is 1. The average molecular weight is 234 g/mol. The van der Waals surface area contributed by atoms with Gasteiger partial charge in [0, 0.05) is 18.2 Å². The van der Waals surface area contributed by atoms with Crippen LogP contribution >= 0.6 is 0 Å². The maximum absolute atomic E-state index is 5.81. The third-order valence-electron chi connectivity index (χ3n) is 2.52. The van der Waals surface area contributed by atoms with Crippen LogP contribution in [0, 0.1) is 6.92 Å². The number of nitrogens with two attached hydrogens (primary N) is 1. The minimum absolute atomic E-state index is 0.0843. The quantitative estimate of drug-likeness (QED) is 0.770. The van der Waals surface area contributed by atoms with Crippen molar-refractivity contribution in [2.45, 2.75) is 39.7 Å². The van der Waals surface area contributed by atoms with E-state index in [1.54, 1.807) is 0 Å². The lowest BCUT2D eigenvalue weighted by Crippen LogP contribution is -2.19. The number of ether oxygens (including phenoxy) is 1. The van der Waals surface area contributed by atoms with Crippen LogP contribution in [-0.2, 0) is 6.42 Å². The van der Waals surface area contributed by atoms with E-state index in [0.29, 0.717) is 6.61 Å². The lowest BCUT2D eigenvalue weighted by Gasteiger charge is -2.13. The highest BCUT2D eigenvalue weighted by Crippen LogP contribution is 2.19. The monoisotopic (exact) mass is 234 g/mol. The largest absolute Gasteiger partial charge is 0.487 e. The molecule has 0 aliphatic carbocycles. The predicted molar refractivity (Wildman–Crippen MR) is 71.3 cm³/mol. The molecular formula is C14H22N2O. The highest BCUT2D eigenvalue weighted by Gasteiger charge is 2.08. The molecule has 1 atom stereocenters. The Hall–Kier alpha value is -1.35. The summed E-state index contributed by atoms with van der Waals surface area (Å²) in [5, 5.41) is 0. The van der Waals surface area contributed by atoms with Gasteiger partial charge in [-0.05, 0) is 38.0 Å². The van der Waals surface area contributed by atoms with Gasteiger partial charge in [-0.2, -0.15) is 0 Å². The Balaban J connectivity index is 2.78. The molecule has 0 amide bonds. The van der Waals surface area contributed by atoms with Crippen LogP contribution in [0.4, 0.5) is 0 Å². The van der Waals surface area contributed by atoms with Gasteiger partial charge in [-0.1, -0.05) is 13.5 Å². The van der Waals surface area contributed by atoms with E-state index < -0.39 is 0 Å². The van der Waals surface area contributed by atoms with Crippen molar-refractivity contribution in [1.29, 1.82) is 0 Å². The molecule has 94 valence electrons. The molecule has 1 unspecified atom stereocenters. The molecule has 0 spiro atoms. The summed E-state index contributed by atoms with van der Waals surface area (Å²) in [7, 11) is 0. The molecule has 0 fully saturated rings. The molecule has 0 radical (unpaired) electrons. The molecule has 0 aliphatic heterocycles. The highest BCUT2D eigenvalue weighted by atomic mass is 16.5. The van der Waals surface area contributed by atoms with Crippen molar-refractivity contribution in [1.82, 2.24) is 4.98 Å². The van der Waals surface area contributed by atoms with Crippen molar-refractivity contribution in [2.24, 2.45) is 5.73 Å². The molecular weight excluding hydrogens is 212 g/mol. The van der Waals surface area contributed by atoms with Crippen LogP contribution in [0.25, 0.3) is 0 Å². The lowest BCUT2D eigenvalue weighted by molar-refractivity contribution is 0.342. The molecule has 1 rings (SSSR count). The van der Waals surface area contributed by atoms with Gasteiger partial charge in [0.1, 0.15) is 12.4 Å². The van der Waals surface area contributed by atoms with Gasteiger partial charge in [0.2, 0.25) is 0 Å². The number of pyridine rings is 1. The Morgan fingerprint density at radius 2 is 2.24 bits per heavy atom. The Bertz CT molecular complexity index is 386. The molecule has 0 saturated heterocycles. The molecule has 3 heteroatoms. The van der Waals surface area contributed by atoms with Gasteiger partial charge >= 0.3 is 0 Å². The molecule has 0 aliphatic rings. The number of aromatic nitrogens is 1. The minimum atomic E-state index is 0.0843. The van der Waals surface area contributed by atoms with Crippen molar-refractivity contribution in [3.63, 3.8) is 0 Å². The van der Waals surface area contributed by atoms with Crippen molar-refractivity contribution >= 4 is 0 Å². The number of hydrogen-bond donors (Lipinski definition) is 1. The van der Waals surface area contributed by atoms with Crippen LogP contribution in [0.15, 0.2) is 24.3 Å². The van der Waals surface area contributed by atoms with Crippen molar-refractivity contribution < 1.29 is 4.74 Å². The second-order valence-electron chi connectivity index (χ2n) is 4.47. The van der Waals surface area contributed by atoms with Crippen LogP contribution in [0.5, 0.6) is 5.75 Å².